The van der Waals surface area contributed by atoms with Crippen molar-refractivity contribution in [3.63, 3.8) is 0 Å². The van der Waals surface area contributed by atoms with Crippen molar-refractivity contribution in [2.24, 2.45) is 0 Å². The molecule has 0 aliphatic heterocycles. The van der Waals surface area contributed by atoms with Crippen molar-refractivity contribution >= 4 is 33.8 Å². The van der Waals surface area contributed by atoms with Crippen LogP contribution in [0.25, 0.3) is 6.08 Å². The number of hydrogen-bond donors (Lipinski definition) is 2. The summed E-state index contributed by atoms with van der Waals surface area (Å²) in [6.07, 6.45) is 5.89. The highest BCUT2D eigenvalue weighted by Gasteiger charge is 2.05. The molecule has 2 N–H and O–H groups in total. The van der Waals surface area contributed by atoms with E-state index in [-0.39, 0.29) is 0 Å². The highest BCUT2D eigenvalue weighted by Crippen LogP contribution is 2.23. The summed E-state index contributed by atoms with van der Waals surface area (Å²) in [5.74, 6) is -0.248. The molecule has 0 spiro atoms. The number of halogens is 1. The van der Waals surface area contributed by atoms with Crippen LogP contribution in [-0.4, -0.2) is 23.9 Å². The van der Waals surface area contributed by atoms with E-state index in [4.69, 9.17) is 4.74 Å². The Morgan fingerprint density at radius 3 is 2.61 bits per heavy atom. The SMILES string of the molecule is COc1ccc(Br)cc1C=CC(=O)NNC(=O)c1ccncc1. The zero-order chi connectivity index (χ0) is 16.7. The van der Waals surface area contributed by atoms with Gasteiger partial charge >= 0.3 is 0 Å². The number of pyridine rings is 1. The van der Waals surface area contributed by atoms with E-state index in [2.05, 4.69) is 31.8 Å². The molecule has 7 heteroatoms. The van der Waals surface area contributed by atoms with Gasteiger partial charge in [-0.25, -0.2) is 0 Å². The van der Waals surface area contributed by atoms with Crippen LogP contribution < -0.4 is 15.6 Å². The van der Waals surface area contributed by atoms with Crippen molar-refractivity contribution in [2.75, 3.05) is 7.11 Å². The van der Waals surface area contributed by atoms with Crippen LogP contribution in [0.1, 0.15) is 15.9 Å². The first-order valence-corrected chi connectivity index (χ1v) is 7.41. The van der Waals surface area contributed by atoms with Crippen molar-refractivity contribution < 1.29 is 14.3 Å². The molecule has 6 nitrogen and oxygen atoms in total. The Kier molecular flexibility index (Phi) is 5.87. The highest BCUT2D eigenvalue weighted by molar-refractivity contribution is 9.10. The molecule has 0 aliphatic carbocycles. The summed E-state index contributed by atoms with van der Waals surface area (Å²) in [6.45, 7) is 0. The van der Waals surface area contributed by atoms with Crippen LogP contribution in [0.15, 0.2) is 53.3 Å². The molecule has 1 heterocycles. The molecule has 0 saturated heterocycles. The molecule has 0 aliphatic rings. The molecule has 1 aromatic heterocycles. The normalized spacial score (nSPS) is 10.3. The second-order valence-corrected chi connectivity index (χ2v) is 5.31. The molecule has 0 bridgehead atoms. The maximum atomic E-state index is 11.8. The Bertz CT molecular complexity index is 733. The lowest BCUT2D eigenvalue weighted by Gasteiger charge is -2.06. The number of aromatic nitrogens is 1. The van der Waals surface area contributed by atoms with Crippen molar-refractivity contribution in [3.8, 4) is 5.75 Å². The zero-order valence-corrected chi connectivity index (χ0v) is 13.8. The minimum absolute atomic E-state index is 0.401. The van der Waals surface area contributed by atoms with Gasteiger partial charge in [0, 0.05) is 34.1 Å². The summed E-state index contributed by atoms with van der Waals surface area (Å²) >= 11 is 3.36. The standard InChI is InChI=1S/C16H14BrN3O3/c1-23-14-4-3-13(17)10-12(14)2-5-15(21)19-20-16(22)11-6-8-18-9-7-11/h2-10H,1H3,(H,19,21)(H,20,22). The summed E-state index contributed by atoms with van der Waals surface area (Å²) in [5, 5.41) is 0. The van der Waals surface area contributed by atoms with E-state index in [1.807, 2.05) is 12.1 Å². The first-order chi connectivity index (χ1) is 11.1. The fraction of sp³-hybridized carbons (Fsp3) is 0.0625. The third kappa shape index (κ3) is 4.93. The van der Waals surface area contributed by atoms with E-state index in [0.717, 1.165) is 10.0 Å². The number of carbonyl (C=O) groups is 2. The molecular weight excluding hydrogens is 362 g/mol. The second-order valence-electron chi connectivity index (χ2n) is 4.40. The first-order valence-electron chi connectivity index (χ1n) is 6.62. The Morgan fingerprint density at radius 1 is 1.17 bits per heavy atom. The van der Waals surface area contributed by atoms with Crippen LogP contribution in [-0.2, 0) is 4.79 Å². The summed E-state index contributed by atoms with van der Waals surface area (Å²) in [4.78, 5) is 27.3. The average Bonchev–Trinajstić information content (AvgIpc) is 2.58. The molecule has 2 aromatic rings. The summed E-state index contributed by atoms with van der Waals surface area (Å²) in [5.41, 5.74) is 5.76. The Hall–Kier alpha value is -2.67. The highest BCUT2D eigenvalue weighted by atomic mass is 79.9. The van der Waals surface area contributed by atoms with Gasteiger partial charge in [0.2, 0.25) is 0 Å². The zero-order valence-electron chi connectivity index (χ0n) is 12.2. The number of rotatable bonds is 4. The summed E-state index contributed by atoms with van der Waals surface area (Å²) in [6, 6.07) is 8.53. The van der Waals surface area contributed by atoms with Crippen LogP contribution >= 0.6 is 15.9 Å². The first kappa shape index (κ1) is 16.7. The van der Waals surface area contributed by atoms with Gasteiger partial charge in [0.05, 0.1) is 7.11 Å². The Labute approximate surface area is 141 Å². The lowest BCUT2D eigenvalue weighted by atomic mass is 10.2. The number of hydrazine groups is 1. The maximum absolute atomic E-state index is 11.8. The number of nitrogens with zero attached hydrogens (tertiary/aromatic N) is 1. The number of carbonyl (C=O) groups excluding carboxylic acids is 2. The Balaban J connectivity index is 1.95. The van der Waals surface area contributed by atoms with Crippen molar-refractivity contribution in [1.82, 2.24) is 15.8 Å². The maximum Gasteiger partial charge on any atom is 0.269 e. The van der Waals surface area contributed by atoms with Crippen LogP contribution in [0.5, 0.6) is 5.75 Å². The number of ether oxygens (including phenoxy) is 1. The van der Waals surface area contributed by atoms with Crippen molar-refractivity contribution in [1.29, 1.82) is 0 Å². The second kappa shape index (κ2) is 8.09. The quantitative estimate of drug-likeness (QED) is 0.634. The van der Waals surface area contributed by atoms with Gasteiger partial charge in [0.1, 0.15) is 5.75 Å². The van der Waals surface area contributed by atoms with E-state index in [1.54, 1.807) is 31.4 Å². The molecule has 23 heavy (non-hydrogen) atoms. The van der Waals surface area contributed by atoms with E-state index < -0.39 is 11.8 Å². The number of nitrogens with one attached hydrogen (secondary N) is 2. The van der Waals surface area contributed by atoms with Gasteiger partial charge in [-0.15, -0.1) is 0 Å². The molecule has 1 aromatic carbocycles. The van der Waals surface area contributed by atoms with Gasteiger partial charge in [0.25, 0.3) is 11.8 Å². The van der Waals surface area contributed by atoms with Crippen LogP contribution in [0, 0.1) is 0 Å². The molecule has 0 atom stereocenters. The van der Waals surface area contributed by atoms with Crippen molar-refractivity contribution in [3.05, 3.63) is 64.4 Å². The summed E-state index contributed by atoms with van der Waals surface area (Å²) in [7, 11) is 1.55. The van der Waals surface area contributed by atoms with Gasteiger partial charge in [-0.05, 0) is 36.4 Å². The minimum Gasteiger partial charge on any atom is -0.496 e. The largest absolute Gasteiger partial charge is 0.496 e. The minimum atomic E-state index is -0.463. The van der Waals surface area contributed by atoms with E-state index in [0.29, 0.717) is 11.3 Å². The smallest absolute Gasteiger partial charge is 0.269 e. The fourth-order valence-electron chi connectivity index (χ4n) is 1.74. The van der Waals surface area contributed by atoms with E-state index in [1.165, 1.54) is 18.5 Å². The van der Waals surface area contributed by atoms with Crippen LogP contribution in [0.3, 0.4) is 0 Å². The molecule has 2 amide bonds. The fourth-order valence-corrected chi connectivity index (χ4v) is 2.12. The molecule has 2 rings (SSSR count). The van der Waals surface area contributed by atoms with Gasteiger partial charge in [0.15, 0.2) is 0 Å². The molecular formula is C16H14BrN3O3. The molecule has 0 radical (unpaired) electrons. The van der Waals surface area contributed by atoms with Crippen LogP contribution in [0.2, 0.25) is 0 Å². The topological polar surface area (TPSA) is 80.3 Å². The van der Waals surface area contributed by atoms with Gasteiger partial charge in [-0.1, -0.05) is 15.9 Å². The molecule has 118 valence electrons. The molecule has 0 fully saturated rings. The van der Waals surface area contributed by atoms with E-state index in [9.17, 15) is 9.59 Å². The lowest BCUT2D eigenvalue weighted by molar-refractivity contribution is -0.117. The summed E-state index contributed by atoms with van der Waals surface area (Å²) < 4.78 is 6.07. The predicted octanol–water partition coefficient (Wildman–Crippen LogP) is 2.33. The third-order valence-corrected chi connectivity index (χ3v) is 3.34. The number of benzene rings is 1. The van der Waals surface area contributed by atoms with Gasteiger partial charge < -0.3 is 4.74 Å². The van der Waals surface area contributed by atoms with Gasteiger partial charge in [-0.2, -0.15) is 0 Å². The molecule has 0 saturated carbocycles. The monoisotopic (exact) mass is 375 g/mol. The number of amides is 2. The lowest BCUT2D eigenvalue weighted by Crippen LogP contribution is -2.40. The average molecular weight is 376 g/mol. The van der Waals surface area contributed by atoms with Gasteiger partial charge in [-0.3, -0.25) is 25.4 Å². The number of methoxy groups -OCH3 is 1. The Morgan fingerprint density at radius 2 is 1.91 bits per heavy atom. The predicted molar refractivity (Wildman–Crippen MR) is 89.6 cm³/mol. The van der Waals surface area contributed by atoms with Crippen molar-refractivity contribution in [2.45, 2.75) is 0 Å². The third-order valence-electron chi connectivity index (χ3n) is 2.85. The molecule has 0 unspecified atom stereocenters. The van der Waals surface area contributed by atoms with Crippen LogP contribution in [0.4, 0.5) is 0 Å². The number of hydrogen-bond acceptors (Lipinski definition) is 4. The van der Waals surface area contributed by atoms with E-state index >= 15 is 0 Å².